The second-order valence-electron chi connectivity index (χ2n) is 7.50. The minimum atomic E-state index is 0.740. The maximum atomic E-state index is 3.84. The molecule has 1 N–H and O–H groups in total. The Bertz CT molecular complexity index is 207. The molecule has 2 nitrogen and oxygen atoms in total. The first-order valence-corrected chi connectivity index (χ1v) is 9.03. The predicted molar refractivity (Wildman–Crippen MR) is 90.2 cm³/mol. The molecule has 1 fully saturated rings. The van der Waals surface area contributed by atoms with Crippen molar-refractivity contribution in [1.82, 2.24) is 10.2 Å². The van der Waals surface area contributed by atoms with Crippen LogP contribution in [-0.4, -0.2) is 37.1 Å². The molecule has 20 heavy (non-hydrogen) atoms. The van der Waals surface area contributed by atoms with Crippen LogP contribution in [0.2, 0.25) is 0 Å². The summed E-state index contributed by atoms with van der Waals surface area (Å²) in [5.41, 5.74) is 0. The van der Waals surface area contributed by atoms with Gasteiger partial charge in [0.25, 0.3) is 0 Å². The lowest BCUT2D eigenvalue weighted by atomic mass is 9.97. The summed E-state index contributed by atoms with van der Waals surface area (Å²) in [6.07, 6.45) is 9.68. The maximum Gasteiger partial charge on any atom is 0.0107 e. The van der Waals surface area contributed by atoms with Crippen molar-refractivity contribution in [2.24, 2.45) is 11.8 Å². The highest BCUT2D eigenvalue weighted by Gasteiger charge is 2.12. The van der Waals surface area contributed by atoms with Gasteiger partial charge in [0.1, 0.15) is 0 Å². The molecule has 0 saturated carbocycles. The molecule has 0 bridgehead atoms. The van der Waals surface area contributed by atoms with E-state index in [1.165, 1.54) is 71.1 Å². The monoisotopic (exact) mass is 282 g/mol. The first-order valence-electron chi connectivity index (χ1n) is 9.03. The van der Waals surface area contributed by atoms with Crippen molar-refractivity contribution in [1.29, 1.82) is 0 Å². The Labute approximate surface area is 127 Å². The third-order valence-corrected chi connectivity index (χ3v) is 4.49. The molecule has 0 unspecified atom stereocenters. The summed E-state index contributed by atoms with van der Waals surface area (Å²) < 4.78 is 0. The van der Waals surface area contributed by atoms with Gasteiger partial charge in [-0.3, -0.25) is 0 Å². The van der Waals surface area contributed by atoms with Gasteiger partial charge in [-0.2, -0.15) is 0 Å². The van der Waals surface area contributed by atoms with E-state index in [4.69, 9.17) is 0 Å². The minimum Gasteiger partial charge on any atom is -0.313 e. The van der Waals surface area contributed by atoms with E-state index in [0.29, 0.717) is 0 Å². The number of likely N-dealkylation sites (tertiary alicyclic amines) is 1. The number of nitrogens with zero attached hydrogens (tertiary/aromatic N) is 1. The molecule has 1 aliphatic rings. The van der Waals surface area contributed by atoms with Crippen LogP contribution in [0.4, 0.5) is 0 Å². The van der Waals surface area contributed by atoms with Crippen molar-refractivity contribution in [3.8, 4) is 0 Å². The van der Waals surface area contributed by atoms with Gasteiger partial charge in [-0.1, -0.05) is 34.1 Å². The van der Waals surface area contributed by atoms with E-state index in [1.54, 1.807) is 0 Å². The fourth-order valence-corrected chi connectivity index (χ4v) is 3.03. The van der Waals surface area contributed by atoms with Crippen LogP contribution < -0.4 is 5.32 Å². The molecule has 0 spiro atoms. The second-order valence-corrected chi connectivity index (χ2v) is 7.50. The van der Waals surface area contributed by atoms with Gasteiger partial charge in [0, 0.05) is 19.1 Å². The van der Waals surface area contributed by atoms with Crippen molar-refractivity contribution >= 4 is 0 Å². The molecule has 0 amide bonds. The van der Waals surface area contributed by atoms with Crippen LogP contribution in [0, 0.1) is 11.8 Å². The molecule has 0 aromatic rings. The Morgan fingerprint density at radius 2 is 1.35 bits per heavy atom. The molecule has 1 rings (SSSR count). The van der Waals surface area contributed by atoms with Crippen molar-refractivity contribution in [3.05, 3.63) is 0 Å². The largest absolute Gasteiger partial charge is 0.313 e. The molecular weight excluding hydrogens is 244 g/mol. The van der Waals surface area contributed by atoms with E-state index < -0.39 is 0 Å². The number of piperidine rings is 1. The fourth-order valence-electron chi connectivity index (χ4n) is 3.03. The van der Waals surface area contributed by atoms with E-state index in [9.17, 15) is 0 Å². The first-order chi connectivity index (χ1) is 9.58. The average Bonchev–Trinajstić information content (AvgIpc) is 2.42. The topological polar surface area (TPSA) is 15.3 Å². The van der Waals surface area contributed by atoms with Crippen molar-refractivity contribution in [2.75, 3.05) is 26.2 Å². The lowest BCUT2D eigenvalue weighted by Crippen LogP contribution is -2.39. The van der Waals surface area contributed by atoms with E-state index in [0.717, 1.165) is 17.9 Å². The predicted octanol–water partition coefficient (Wildman–Crippen LogP) is 4.30. The Kier molecular flexibility index (Phi) is 9.54. The van der Waals surface area contributed by atoms with Crippen LogP contribution in [0.25, 0.3) is 0 Å². The third kappa shape index (κ3) is 8.97. The lowest BCUT2D eigenvalue weighted by Gasteiger charge is -2.28. The molecule has 0 radical (unpaired) electrons. The van der Waals surface area contributed by atoms with Crippen LogP contribution in [0.3, 0.4) is 0 Å². The van der Waals surface area contributed by atoms with Gasteiger partial charge in [-0.15, -0.1) is 0 Å². The fraction of sp³-hybridized carbons (Fsp3) is 1.00. The number of rotatable bonds is 10. The van der Waals surface area contributed by atoms with Crippen LogP contribution in [0.15, 0.2) is 0 Å². The summed E-state index contributed by atoms with van der Waals surface area (Å²) in [6.45, 7) is 14.4. The van der Waals surface area contributed by atoms with Crippen LogP contribution >= 0.6 is 0 Å². The van der Waals surface area contributed by atoms with Crippen LogP contribution in [0.5, 0.6) is 0 Å². The zero-order valence-electron chi connectivity index (χ0n) is 14.5. The van der Waals surface area contributed by atoms with Crippen molar-refractivity contribution in [3.63, 3.8) is 0 Å². The molecule has 2 heteroatoms. The smallest absolute Gasteiger partial charge is 0.0107 e. The Hall–Kier alpha value is -0.0800. The van der Waals surface area contributed by atoms with E-state index in [-0.39, 0.29) is 0 Å². The standard InChI is InChI=1S/C18H38N2/c1-16(2)8-10-18(11-9-17(3)4)19-12-15-20-13-6-5-7-14-20/h16-19H,5-15H2,1-4H3. The average molecular weight is 283 g/mol. The highest BCUT2D eigenvalue weighted by molar-refractivity contribution is 4.71. The zero-order valence-corrected chi connectivity index (χ0v) is 14.5. The molecule has 1 saturated heterocycles. The zero-order chi connectivity index (χ0) is 14.8. The third-order valence-electron chi connectivity index (χ3n) is 4.49. The van der Waals surface area contributed by atoms with Gasteiger partial charge in [0.15, 0.2) is 0 Å². The van der Waals surface area contributed by atoms with E-state index in [1.807, 2.05) is 0 Å². The van der Waals surface area contributed by atoms with Gasteiger partial charge in [-0.05, 0) is 63.5 Å². The van der Waals surface area contributed by atoms with Gasteiger partial charge in [-0.25, -0.2) is 0 Å². The molecule has 1 heterocycles. The summed E-state index contributed by atoms with van der Waals surface area (Å²) >= 11 is 0. The summed E-state index contributed by atoms with van der Waals surface area (Å²) in [4.78, 5) is 2.64. The quantitative estimate of drug-likeness (QED) is 0.642. The SMILES string of the molecule is CC(C)CCC(CCC(C)C)NCCN1CCCCC1. The maximum absolute atomic E-state index is 3.84. The van der Waals surface area contributed by atoms with E-state index in [2.05, 4.69) is 37.9 Å². The van der Waals surface area contributed by atoms with Crippen molar-refractivity contribution in [2.45, 2.75) is 78.7 Å². The lowest BCUT2D eigenvalue weighted by molar-refractivity contribution is 0.223. The van der Waals surface area contributed by atoms with Gasteiger partial charge in [0.2, 0.25) is 0 Å². The number of hydrogen-bond donors (Lipinski definition) is 1. The van der Waals surface area contributed by atoms with Crippen LogP contribution in [-0.2, 0) is 0 Å². The van der Waals surface area contributed by atoms with E-state index >= 15 is 0 Å². The normalized spacial score (nSPS) is 17.6. The molecule has 0 aliphatic carbocycles. The summed E-state index contributed by atoms with van der Waals surface area (Å²) in [5, 5.41) is 3.84. The highest BCUT2D eigenvalue weighted by Crippen LogP contribution is 2.14. The molecule has 0 aromatic carbocycles. The minimum absolute atomic E-state index is 0.740. The highest BCUT2D eigenvalue weighted by atomic mass is 15.1. The molecule has 1 aliphatic heterocycles. The Morgan fingerprint density at radius 3 is 1.85 bits per heavy atom. The Morgan fingerprint density at radius 1 is 0.800 bits per heavy atom. The number of nitrogens with one attached hydrogen (secondary N) is 1. The van der Waals surface area contributed by atoms with Gasteiger partial charge < -0.3 is 10.2 Å². The summed E-state index contributed by atoms with van der Waals surface area (Å²) in [6, 6.07) is 0.740. The molecule has 0 aromatic heterocycles. The first kappa shape index (κ1) is 18.0. The van der Waals surface area contributed by atoms with Crippen LogP contribution in [0.1, 0.15) is 72.6 Å². The Balaban J connectivity index is 2.19. The van der Waals surface area contributed by atoms with Gasteiger partial charge in [0.05, 0.1) is 0 Å². The summed E-state index contributed by atoms with van der Waals surface area (Å²) in [5.74, 6) is 1.67. The van der Waals surface area contributed by atoms with Gasteiger partial charge >= 0.3 is 0 Å². The number of hydrogen-bond acceptors (Lipinski definition) is 2. The summed E-state index contributed by atoms with van der Waals surface area (Å²) in [7, 11) is 0. The molecule has 0 atom stereocenters. The molecular formula is C18H38N2. The second kappa shape index (κ2) is 10.6. The molecule has 120 valence electrons. The van der Waals surface area contributed by atoms with Crippen molar-refractivity contribution < 1.29 is 0 Å².